The molecule has 66 valence electrons. The van der Waals surface area contributed by atoms with E-state index in [1.807, 2.05) is 11.7 Å². The standard InChI is InChI=1S/C8H12N2OS/c9-8(1-2-11-5-8)3-7-4-10-6-12-7/h4,6H,1-3,5,9H2. The first-order valence-electron chi connectivity index (χ1n) is 4.03. The highest BCUT2D eigenvalue weighted by Gasteiger charge is 2.30. The number of hydrogen-bond donors (Lipinski definition) is 1. The molecule has 2 N–H and O–H groups in total. The molecule has 1 aromatic rings. The molecule has 0 saturated carbocycles. The zero-order chi connectivity index (χ0) is 8.44. The lowest BCUT2D eigenvalue weighted by molar-refractivity contribution is 0.178. The molecule has 12 heavy (non-hydrogen) atoms. The van der Waals surface area contributed by atoms with Crippen molar-refractivity contribution in [1.29, 1.82) is 0 Å². The van der Waals surface area contributed by atoms with Crippen LogP contribution in [0.1, 0.15) is 11.3 Å². The van der Waals surface area contributed by atoms with Crippen LogP contribution in [0.25, 0.3) is 0 Å². The Hall–Kier alpha value is -0.450. The maximum atomic E-state index is 6.10. The highest BCUT2D eigenvalue weighted by atomic mass is 32.1. The Morgan fingerprint density at radius 1 is 1.75 bits per heavy atom. The second-order valence-electron chi connectivity index (χ2n) is 3.31. The minimum Gasteiger partial charge on any atom is -0.379 e. The van der Waals surface area contributed by atoms with Gasteiger partial charge in [0, 0.05) is 29.6 Å². The fourth-order valence-corrected chi connectivity index (χ4v) is 2.19. The van der Waals surface area contributed by atoms with Crippen molar-refractivity contribution in [3.63, 3.8) is 0 Å². The van der Waals surface area contributed by atoms with Crippen LogP contribution in [0.3, 0.4) is 0 Å². The van der Waals surface area contributed by atoms with Crippen LogP contribution in [-0.4, -0.2) is 23.7 Å². The van der Waals surface area contributed by atoms with E-state index in [1.165, 1.54) is 4.88 Å². The van der Waals surface area contributed by atoms with Crippen LogP contribution < -0.4 is 5.73 Å². The second-order valence-corrected chi connectivity index (χ2v) is 4.28. The quantitative estimate of drug-likeness (QED) is 0.739. The van der Waals surface area contributed by atoms with Crippen LogP contribution in [0.5, 0.6) is 0 Å². The summed E-state index contributed by atoms with van der Waals surface area (Å²) in [7, 11) is 0. The summed E-state index contributed by atoms with van der Waals surface area (Å²) in [5.41, 5.74) is 7.81. The lowest BCUT2D eigenvalue weighted by Crippen LogP contribution is -2.42. The van der Waals surface area contributed by atoms with Gasteiger partial charge >= 0.3 is 0 Å². The van der Waals surface area contributed by atoms with Crippen LogP contribution in [-0.2, 0) is 11.2 Å². The van der Waals surface area contributed by atoms with Crippen molar-refractivity contribution in [1.82, 2.24) is 4.98 Å². The van der Waals surface area contributed by atoms with Gasteiger partial charge in [-0.15, -0.1) is 11.3 Å². The summed E-state index contributed by atoms with van der Waals surface area (Å²) < 4.78 is 5.27. The first kappa shape index (κ1) is 8.16. The van der Waals surface area contributed by atoms with Crippen LogP contribution >= 0.6 is 11.3 Å². The molecule has 0 bridgehead atoms. The Labute approximate surface area is 75.6 Å². The minimum atomic E-state index is -0.132. The summed E-state index contributed by atoms with van der Waals surface area (Å²) in [6.45, 7) is 1.49. The molecule has 0 spiro atoms. The summed E-state index contributed by atoms with van der Waals surface area (Å²) in [5.74, 6) is 0. The highest BCUT2D eigenvalue weighted by molar-refractivity contribution is 7.09. The van der Waals surface area contributed by atoms with Crippen LogP contribution in [0, 0.1) is 0 Å². The molecule has 2 heterocycles. The third-order valence-electron chi connectivity index (χ3n) is 2.14. The third-order valence-corrected chi connectivity index (χ3v) is 2.92. The molecule has 2 rings (SSSR count). The van der Waals surface area contributed by atoms with Gasteiger partial charge in [-0.1, -0.05) is 0 Å². The number of hydrogen-bond acceptors (Lipinski definition) is 4. The summed E-state index contributed by atoms with van der Waals surface area (Å²) in [6, 6.07) is 0. The molecular weight excluding hydrogens is 172 g/mol. The van der Waals surface area contributed by atoms with Crippen molar-refractivity contribution in [3.05, 3.63) is 16.6 Å². The molecule has 1 fully saturated rings. The van der Waals surface area contributed by atoms with Gasteiger partial charge in [0.1, 0.15) is 0 Å². The topological polar surface area (TPSA) is 48.1 Å². The molecule has 0 aliphatic carbocycles. The van der Waals surface area contributed by atoms with Gasteiger partial charge in [-0.05, 0) is 6.42 Å². The average Bonchev–Trinajstić information content (AvgIpc) is 2.62. The van der Waals surface area contributed by atoms with Gasteiger partial charge in [0.25, 0.3) is 0 Å². The molecule has 1 saturated heterocycles. The molecule has 1 atom stereocenters. The van der Waals surface area contributed by atoms with E-state index in [9.17, 15) is 0 Å². The summed E-state index contributed by atoms with van der Waals surface area (Å²) in [4.78, 5) is 5.27. The molecule has 1 unspecified atom stereocenters. The van der Waals surface area contributed by atoms with Crippen molar-refractivity contribution < 1.29 is 4.74 Å². The maximum Gasteiger partial charge on any atom is 0.0794 e. The average molecular weight is 184 g/mol. The summed E-state index contributed by atoms with van der Waals surface area (Å²) in [6.07, 6.45) is 3.75. The fourth-order valence-electron chi connectivity index (χ4n) is 1.44. The van der Waals surface area contributed by atoms with E-state index in [1.54, 1.807) is 11.3 Å². The minimum absolute atomic E-state index is 0.132. The van der Waals surface area contributed by atoms with Gasteiger partial charge in [0.2, 0.25) is 0 Å². The van der Waals surface area contributed by atoms with E-state index in [-0.39, 0.29) is 5.54 Å². The Morgan fingerprint density at radius 3 is 3.25 bits per heavy atom. The monoisotopic (exact) mass is 184 g/mol. The fraction of sp³-hybridized carbons (Fsp3) is 0.625. The van der Waals surface area contributed by atoms with Gasteiger partial charge in [0.05, 0.1) is 12.1 Å². The first-order chi connectivity index (χ1) is 5.79. The van der Waals surface area contributed by atoms with Gasteiger partial charge in [-0.2, -0.15) is 0 Å². The predicted molar refractivity (Wildman–Crippen MR) is 48.2 cm³/mol. The first-order valence-corrected chi connectivity index (χ1v) is 4.90. The zero-order valence-electron chi connectivity index (χ0n) is 6.82. The maximum absolute atomic E-state index is 6.10. The molecule has 3 nitrogen and oxygen atoms in total. The predicted octanol–water partition coefficient (Wildman–Crippen LogP) is 0.803. The van der Waals surface area contributed by atoms with E-state index >= 15 is 0 Å². The van der Waals surface area contributed by atoms with Gasteiger partial charge in [-0.3, -0.25) is 4.98 Å². The molecule has 0 radical (unpaired) electrons. The number of thiazole rings is 1. The molecular formula is C8H12N2OS. The second kappa shape index (κ2) is 3.12. The largest absolute Gasteiger partial charge is 0.379 e. The number of aromatic nitrogens is 1. The molecule has 1 aliphatic heterocycles. The summed E-state index contributed by atoms with van der Waals surface area (Å²) >= 11 is 1.66. The lowest BCUT2D eigenvalue weighted by atomic mass is 9.95. The van der Waals surface area contributed by atoms with Crippen molar-refractivity contribution in [3.8, 4) is 0 Å². The Morgan fingerprint density at radius 2 is 2.67 bits per heavy atom. The van der Waals surface area contributed by atoms with Crippen LogP contribution in [0.2, 0.25) is 0 Å². The molecule has 0 aromatic carbocycles. The highest BCUT2D eigenvalue weighted by Crippen LogP contribution is 2.22. The lowest BCUT2D eigenvalue weighted by Gasteiger charge is -2.19. The molecule has 4 heteroatoms. The molecule has 1 aromatic heterocycles. The van der Waals surface area contributed by atoms with E-state index < -0.39 is 0 Å². The Bertz CT molecular complexity index is 242. The van der Waals surface area contributed by atoms with Crippen LogP contribution in [0.15, 0.2) is 11.7 Å². The molecule has 0 amide bonds. The van der Waals surface area contributed by atoms with E-state index in [0.29, 0.717) is 6.61 Å². The number of ether oxygens (including phenoxy) is 1. The van der Waals surface area contributed by atoms with Crippen molar-refractivity contribution in [2.45, 2.75) is 18.4 Å². The van der Waals surface area contributed by atoms with Crippen molar-refractivity contribution in [2.24, 2.45) is 5.73 Å². The Kier molecular flexibility index (Phi) is 2.12. The smallest absolute Gasteiger partial charge is 0.0794 e. The van der Waals surface area contributed by atoms with E-state index in [4.69, 9.17) is 10.5 Å². The van der Waals surface area contributed by atoms with Gasteiger partial charge < -0.3 is 10.5 Å². The SMILES string of the molecule is NC1(Cc2cncs2)CCOC1. The van der Waals surface area contributed by atoms with E-state index in [0.717, 1.165) is 19.4 Å². The normalized spacial score (nSPS) is 29.4. The van der Waals surface area contributed by atoms with Gasteiger partial charge in [0.15, 0.2) is 0 Å². The van der Waals surface area contributed by atoms with Crippen LogP contribution in [0.4, 0.5) is 0 Å². The number of rotatable bonds is 2. The van der Waals surface area contributed by atoms with E-state index in [2.05, 4.69) is 4.98 Å². The third kappa shape index (κ3) is 1.65. The summed E-state index contributed by atoms with van der Waals surface area (Å²) in [5, 5.41) is 0. The Balaban J connectivity index is 2.02. The number of nitrogens with zero attached hydrogens (tertiary/aromatic N) is 1. The molecule has 1 aliphatic rings. The van der Waals surface area contributed by atoms with Crippen molar-refractivity contribution >= 4 is 11.3 Å². The van der Waals surface area contributed by atoms with Crippen molar-refractivity contribution in [2.75, 3.05) is 13.2 Å². The number of nitrogens with two attached hydrogens (primary N) is 1. The zero-order valence-corrected chi connectivity index (χ0v) is 7.64. The van der Waals surface area contributed by atoms with Gasteiger partial charge in [-0.25, -0.2) is 0 Å².